The molecular weight excluding hydrogens is 325 g/mol. The van der Waals surface area contributed by atoms with Gasteiger partial charge in [-0.2, -0.15) is 0 Å². The Morgan fingerprint density at radius 3 is 2.25 bits per heavy atom. The minimum absolute atomic E-state index is 0.174. The van der Waals surface area contributed by atoms with E-state index < -0.39 is 6.17 Å². The number of hydrogen-bond acceptors (Lipinski definition) is 2. The number of rotatable bonds is 4. The summed E-state index contributed by atoms with van der Waals surface area (Å²) < 4.78 is 16.3. The first-order valence-corrected chi connectivity index (χ1v) is 9.26. The average Bonchev–Trinajstić information content (AvgIpc) is 3.46. The van der Waals surface area contributed by atoms with Crippen molar-refractivity contribution in [3.8, 4) is 0 Å². The van der Waals surface area contributed by atoms with Gasteiger partial charge in [0, 0.05) is 16.5 Å². The van der Waals surface area contributed by atoms with E-state index in [1.54, 1.807) is 0 Å². The molecule has 0 amide bonds. The van der Waals surface area contributed by atoms with Gasteiger partial charge in [-0.1, -0.05) is 30.7 Å². The summed E-state index contributed by atoms with van der Waals surface area (Å²) in [6, 6.07) is 8.35. The van der Waals surface area contributed by atoms with Crippen LogP contribution < -0.4 is 0 Å². The average molecular weight is 346 g/mol. The molecule has 0 unspecified atom stereocenters. The molecule has 2 aromatic rings. The summed E-state index contributed by atoms with van der Waals surface area (Å²) in [6.07, 6.45) is 4.96. The lowest BCUT2D eigenvalue weighted by Gasteiger charge is -2.44. The van der Waals surface area contributed by atoms with Crippen molar-refractivity contribution in [3.05, 3.63) is 46.5 Å². The van der Waals surface area contributed by atoms with Gasteiger partial charge in [-0.25, -0.2) is 4.39 Å². The first-order valence-electron chi connectivity index (χ1n) is 8.88. The predicted molar refractivity (Wildman–Crippen MR) is 91.2 cm³/mol. The van der Waals surface area contributed by atoms with Crippen LogP contribution in [0.4, 0.5) is 4.39 Å². The second-order valence-electron chi connectivity index (χ2n) is 8.10. The zero-order chi connectivity index (χ0) is 16.5. The van der Waals surface area contributed by atoms with Crippen LogP contribution >= 0.6 is 11.6 Å². The fourth-order valence-electron chi connectivity index (χ4n) is 4.13. The van der Waals surface area contributed by atoms with Crippen LogP contribution in [0.3, 0.4) is 0 Å². The van der Waals surface area contributed by atoms with E-state index in [0.29, 0.717) is 23.9 Å². The summed E-state index contributed by atoms with van der Waals surface area (Å²) in [5.41, 5.74) is 0.944. The van der Waals surface area contributed by atoms with Gasteiger partial charge in [-0.15, -0.1) is 10.2 Å². The van der Waals surface area contributed by atoms with Crippen LogP contribution in [0.25, 0.3) is 0 Å². The van der Waals surface area contributed by atoms with Crippen LogP contribution in [-0.2, 0) is 10.8 Å². The summed E-state index contributed by atoms with van der Waals surface area (Å²) in [5, 5.41) is 9.92. The molecule has 0 aliphatic heterocycles. The molecule has 3 fully saturated rings. The Morgan fingerprint density at radius 2 is 1.71 bits per heavy atom. The molecule has 3 nitrogen and oxygen atoms in total. The van der Waals surface area contributed by atoms with E-state index in [2.05, 4.69) is 21.7 Å². The Balaban J connectivity index is 1.65. The third-order valence-corrected chi connectivity index (χ3v) is 6.36. The fraction of sp³-hybridized carbons (Fsp3) is 0.579. The fourth-order valence-corrected chi connectivity index (χ4v) is 4.26. The van der Waals surface area contributed by atoms with Gasteiger partial charge < -0.3 is 4.57 Å². The lowest BCUT2D eigenvalue weighted by molar-refractivity contribution is 0.113. The van der Waals surface area contributed by atoms with Gasteiger partial charge in [0.1, 0.15) is 17.8 Å². The first kappa shape index (κ1) is 14.9. The quantitative estimate of drug-likeness (QED) is 0.801. The third-order valence-electron chi connectivity index (χ3n) is 6.11. The molecule has 126 valence electrons. The minimum atomic E-state index is -0.759. The van der Waals surface area contributed by atoms with Crippen LogP contribution in [0.15, 0.2) is 24.3 Å². The minimum Gasteiger partial charge on any atom is -0.311 e. The second kappa shape index (κ2) is 4.81. The van der Waals surface area contributed by atoms with E-state index in [0.717, 1.165) is 17.2 Å². The molecule has 0 radical (unpaired) electrons. The Hall–Kier alpha value is -1.42. The number of nitrogens with zero attached hydrogens (tertiary/aromatic N) is 3. The van der Waals surface area contributed by atoms with Gasteiger partial charge in [-0.05, 0) is 56.2 Å². The maximum Gasteiger partial charge on any atom is 0.144 e. The summed E-state index contributed by atoms with van der Waals surface area (Å²) in [7, 11) is 0. The molecule has 3 saturated carbocycles. The van der Waals surface area contributed by atoms with Gasteiger partial charge in [0.2, 0.25) is 0 Å². The van der Waals surface area contributed by atoms with Crippen molar-refractivity contribution in [2.45, 2.75) is 68.5 Å². The highest BCUT2D eigenvalue weighted by Gasteiger charge is 2.54. The molecule has 5 heteroatoms. The predicted octanol–water partition coefficient (Wildman–Crippen LogP) is 4.74. The van der Waals surface area contributed by atoms with Crippen molar-refractivity contribution in [3.63, 3.8) is 0 Å². The highest BCUT2D eigenvalue weighted by atomic mass is 35.5. The molecule has 0 bridgehead atoms. The number of benzene rings is 1. The zero-order valence-corrected chi connectivity index (χ0v) is 14.6. The molecule has 0 saturated heterocycles. The Bertz CT molecular complexity index is 783. The Kier molecular flexibility index (Phi) is 2.98. The summed E-state index contributed by atoms with van der Waals surface area (Å²) in [6.45, 7) is 2.27. The summed E-state index contributed by atoms with van der Waals surface area (Å²) >= 11 is 6.05. The monoisotopic (exact) mass is 345 g/mol. The van der Waals surface area contributed by atoms with Crippen LogP contribution in [0.1, 0.15) is 68.7 Å². The van der Waals surface area contributed by atoms with Gasteiger partial charge in [0.25, 0.3) is 0 Å². The maximum atomic E-state index is 14.0. The summed E-state index contributed by atoms with van der Waals surface area (Å²) in [4.78, 5) is 0. The molecule has 3 aliphatic rings. The van der Waals surface area contributed by atoms with Crippen LogP contribution in [0.5, 0.6) is 0 Å². The van der Waals surface area contributed by atoms with Gasteiger partial charge in [0.15, 0.2) is 0 Å². The van der Waals surface area contributed by atoms with Crippen LogP contribution in [-0.4, -0.2) is 20.9 Å². The third kappa shape index (κ3) is 2.08. The number of aromatic nitrogens is 3. The lowest BCUT2D eigenvalue weighted by atomic mass is 9.62. The second-order valence-corrected chi connectivity index (χ2v) is 8.54. The van der Waals surface area contributed by atoms with Gasteiger partial charge in [0.05, 0.1) is 5.41 Å². The van der Waals surface area contributed by atoms with Gasteiger partial charge in [-0.3, -0.25) is 0 Å². The molecular formula is C19H21ClFN3. The van der Waals surface area contributed by atoms with Crippen molar-refractivity contribution in [1.82, 2.24) is 14.8 Å². The number of hydrogen-bond donors (Lipinski definition) is 0. The molecule has 1 heterocycles. The van der Waals surface area contributed by atoms with E-state index in [9.17, 15) is 4.39 Å². The van der Waals surface area contributed by atoms with Crippen molar-refractivity contribution in [1.29, 1.82) is 0 Å². The van der Waals surface area contributed by atoms with Crippen molar-refractivity contribution in [2.75, 3.05) is 0 Å². The molecule has 0 spiro atoms. The molecule has 3 aliphatic carbocycles. The van der Waals surface area contributed by atoms with Crippen molar-refractivity contribution in [2.24, 2.45) is 0 Å². The molecule has 0 N–H and O–H groups in total. The van der Waals surface area contributed by atoms with E-state index >= 15 is 0 Å². The topological polar surface area (TPSA) is 30.7 Å². The smallest absolute Gasteiger partial charge is 0.144 e. The highest BCUT2D eigenvalue weighted by Crippen LogP contribution is 2.55. The van der Waals surface area contributed by atoms with E-state index in [1.807, 2.05) is 24.3 Å². The van der Waals surface area contributed by atoms with E-state index in [4.69, 9.17) is 11.6 Å². The van der Waals surface area contributed by atoms with E-state index in [1.165, 1.54) is 25.7 Å². The molecule has 1 aromatic heterocycles. The maximum absolute atomic E-state index is 14.0. The standard InChI is InChI=1S/C19H21ClFN3/c1-18(8-9-18)16-22-23-17(24(16)15-6-7-15)19(10-14(21)11-19)12-2-4-13(20)5-3-12/h2-5,14-15H,6-11H2,1H3. The van der Waals surface area contributed by atoms with Crippen LogP contribution in [0, 0.1) is 0 Å². The largest absolute Gasteiger partial charge is 0.311 e. The van der Waals surface area contributed by atoms with Crippen molar-refractivity contribution < 1.29 is 4.39 Å². The Labute approximate surface area is 146 Å². The van der Waals surface area contributed by atoms with Gasteiger partial charge >= 0.3 is 0 Å². The lowest BCUT2D eigenvalue weighted by Crippen LogP contribution is -2.45. The zero-order valence-electron chi connectivity index (χ0n) is 13.8. The molecule has 24 heavy (non-hydrogen) atoms. The normalized spacial score (nSPS) is 30.9. The first-order chi connectivity index (χ1) is 11.5. The molecule has 1 aromatic carbocycles. The molecule has 5 rings (SSSR count). The molecule has 0 atom stereocenters. The van der Waals surface area contributed by atoms with E-state index in [-0.39, 0.29) is 10.8 Å². The summed E-state index contributed by atoms with van der Waals surface area (Å²) in [5.74, 6) is 2.10. The Morgan fingerprint density at radius 1 is 1.08 bits per heavy atom. The van der Waals surface area contributed by atoms with Crippen molar-refractivity contribution >= 4 is 11.6 Å². The number of halogens is 2. The highest BCUT2D eigenvalue weighted by molar-refractivity contribution is 6.30. The van der Waals surface area contributed by atoms with Crippen LogP contribution in [0.2, 0.25) is 5.02 Å². The number of alkyl halides is 1. The SMILES string of the molecule is CC1(c2nnc(C3(c4ccc(Cl)cc4)CC(F)C3)n2C2CC2)CC1.